The molecule has 11 heteroatoms. The van der Waals surface area contributed by atoms with E-state index >= 15 is 0 Å². The van der Waals surface area contributed by atoms with E-state index in [0.717, 1.165) is 12.1 Å². The Morgan fingerprint density at radius 1 is 1.06 bits per heavy atom. The lowest BCUT2D eigenvalue weighted by Gasteiger charge is -2.32. The number of fused-ring (bicyclic) bond motifs is 2. The van der Waals surface area contributed by atoms with Crippen LogP contribution in [0.2, 0.25) is 0 Å². The minimum absolute atomic E-state index is 0.0788. The van der Waals surface area contributed by atoms with Gasteiger partial charge in [-0.1, -0.05) is 0 Å². The van der Waals surface area contributed by atoms with E-state index in [0.29, 0.717) is 28.3 Å². The Kier molecular flexibility index (Phi) is 4.05. The summed E-state index contributed by atoms with van der Waals surface area (Å²) in [6.45, 7) is 0.0788. The lowest BCUT2D eigenvalue weighted by molar-refractivity contribution is -0.137. The van der Waals surface area contributed by atoms with Crippen molar-refractivity contribution in [2.45, 2.75) is 12.3 Å². The second kappa shape index (κ2) is 6.57. The molecule has 158 valence electrons. The van der Waals surface area contributed by atoms with Crippen molar-refractivity contribution in [3.8, 4) is 11.1 Å². The van der Waals surface area contributed by atoms with Gasteiger partial charge in [-0.15, -0.1) is 0 Å². The fourth-order valence-corrected chi connectivity index (χ4v) is 3.74. The normalized spacial score (nSPS) is 16.7. The first-order valence-electron chi connectivity index (χ1n) is 9.29. The third-order valence-corrected chi connectivity index (χ3v) is 5.21. The molecule has 3 aromatic heterocycles. The molecule has 1 aliphatic heterocycles. The predicted octanol–water partition coefficient (Wildman–Crippen LogP) is 2.92. The molecule has 8 nitrogen and oxygen atoms in total. The third-order valence-electron chi connectivity index (χ3n) is 5.21. The van der Waals surface area contributed by atoms with E-state index in [9.17, 15) is 18.0 Å². The van der Waals surface area contributed by atoms with Crippen molar-refractivity contribution in [2.24, 2.45) is 5.73 Å². The van der Waals surface area contributed by atoms with Crippen molar-refractivity contribution in [3.05, 3.63) is 66.2 Å². The summed E-state index contributed by atoms with van der Waals surface area (Å²) >= 11 is 0. The van der Waals surface area contributed by atoms with Crippen LogP contribution in [0.15, 0.2) is 55.0 Å². The number of anilines is 2. The molecular formula is C20H16F3N7O. The van der Waals surface area contributed by atoms with Crippen LogP contribution in [-0.4, -0.2) is 31.6 Å². The Morgan fingerprint density at radius 2 is 1.81 bits per heavy atom. The number of halogens is 3. The number of nitrogens with zero attached hydrogens (tertiary/aromatic N) is 5. The van der Waals surface area contributed by atoms with Crippen molar-refractivity contribution in [3.63, 3.8) is 0 Å². The summed E-state index contributed by atoms with van der Waals surface area (Å²) in [6, 6.07) is 7.96. The molecule has 1 aliphatic rings. The lowest BCUT2D eigenvalue weighted by Crippen LogP contribution is -2.46. The van der Waals surface area contributed by atoms with Crippen LogP contribution < -0.4 is 16.4 Å². The first-order chi connectivity index (χ1) is 14.7. The average Bonchev–Trinajstić information content (AvgIpc) is 3.33. The maximum absolute atomic E-state index is 13.3. The van der Waals surface area contributed by atoms with Gasteiger partial charge >= 0.3 is 6.18 Å². The monoisotopic (exact) mass is 427 g/mol. The van der Waals surface area contributed by atoms with Gasteiger partial charge in [-0.25, -0.2) is 9.67 Å². The van der Waals surface area contributed by atoms with Crippen LogP contribution >= 0.6 is 0 Å². The van der Waals surface area contributed by atoms with E-state index < -0.39 is 23.8 Å². The van der Waals surface area contributed by atoms with E-state index in [-0.39, 0.29) is 12.2 Å². The first kappa shape index (κ1) is 19.1. The highest BCUT2D eigenvalue weighted by atomic mass is 19.4. The maximum Gasteiger partial charge on any atom is 0.416 e. The number of imidazole rings is 1. The number of hydrogen-bond donors (Lipinski definition) is 2. The molecule has 4 aromatic rings. The molecule has 1 aromatic carbocycles. The lowest BCUT2D eigenvalue weighted by atomic mass is 10.1. The number of benzene rings is 1. The molecule has 0 saturated heterocycles. The molecule has 0 fully saturated rings. The summed E-state index contributed by atoms with van der Waals surface area (Å²) in [5.41, 5.74) is 13.6. The number of amides is 1. The molecule has 4 heterocycles. The van der Waals surface area contributed by atoms with Gasteiger partial charge in [0.05, 0.1) is 24.5 Å². The van der Waals surface area contributed by atoms with Crippen molar-refractivity contribution < 1.29 is 18.0 Å². The number of alkyl halides is 3. The third kappa shape index (κ3) is 3.10. The number of nitrogens with two attached hydrogens (primary N) is 2. The molecule has 1 atom stereocenters. The molecule has 0 aliphatic carbocycles. The van der Waals surface area contributed by atoms with Gasteiger partial charge in [-0.3, -0.25) is 4.79 Å². The van der Waals surface area contributed by atoms with Crippen LogP contribution in [0.3, 0.4) is 0 Å². The molecule has 4 N–H and O–H groups in total. The van der Waals surface area contributed by atoms with Crippen LogP contribution in [0.4, 0.5) is 24.7 Å². The summed E-state index contributed by atoms with van der Waals surface area (Å²) in [5, 5.41) is 4.27. The van der Waals surface area contributed by atoms with Crippen LogP contribution in [0.25, 0.3) is 16.8 Å². The standard InChI is InChI=1S/C20H16F3N7O/c21-20(22,23)12-2-4-13(5-3-12)29-10-16(25)30-18(19(29)31)14(7-26-30)11-1-6-17-27-15(24)9-28(17)8-11/h1-9,16H,10,24-25H2/t16-/m1/s1. The van der Waals surface area contributed by atoms with Gasteiger partial charge in [-0.05, 0) is 36.4 Å². The zero-order valence-electron chi connectivity index (χ0n) is 15.9. The van der Waals surface area contributed by atoms with Crippen LogP contribution in [-0.2, 0) is 6.18 Å². The summed E-state index contributed by atoms with van der Waals surface area (Å²) < 4.78 is 41.8. The van der Waals surface area contributed by atoms with E-state index in [1.165, 1.54) is 21.7 Å². The molecule has 1 amide bonds. The predicted molar refractivity (Wildman–Crippen MR) is 107 cm³/mol. The fourth-order valence-electron chi connectivity index (χ4n) is 3.74. The van der Waals surface area contributed by atoms with Gasteiger partial charge < -0.3 is 20.8 Å². The van der Waals surface area contributed by atoms with Crippen LogP contribution in [0.5, 0.6) is 0 Å². The highest BCUT2D eigenvalue weighted by molar-refractivity contribution is 6.09. The van der Waals surface area contributed by atoms with Crippen molar-refractivity contribution in [2.75, 3.05) is 17.2 Å². The Hall–Kier alpha value is -3.86. The number of rotatable bonds is 2. The van der Waals surface area contributed by atoms with Gasteiger partial charge in [-0.2, -0.15) is 18.3 Å². The smallest absolute Gasteiger partial charge is 0.382 e. The van der Waals surface area contributed by atoms with Crippen molar-refractivity contribution >= 4 is 23.1 Å². The van der Waals surface area contributed by atoms with Crippen molar-refractivity contribution in [1.29, 1.82) is 0 Å². The first-order valence-corrected chi connectivity index (χ1v) is 9.29. The molecule has 0 bridgehead atoms. The average molecular weight is 427 g/mol. The summed E-state index contributed by atoms with van der Waals surface area (Å²) in [7, 11) is 0. The largest absolute Gasteiger partial charge is 0.416 e. The molecule has 0 saturated carbocycles. The molecule has 5 rings (SSSR count). The Bertz CT molecular complexity index is 1310. The second-order valence-electron chi connectivity index (χ2n) is 7.23. The number of nitrogen functional groups attached to an aromatic ring is 1. The topological polar surface area (TPSA) is 107 Å². The molecular weight excluding hydrogens is 411 g/mol. The van der Waals surface area contributed by atoms with Gasteiger partial charge in [0.15, 0.2) is 0 Å². The maximum atomic E-state index is 13.3. The summed E-state index contributed by atoms with van der Waals surface area (Å²) in [4.78, 5) is 18.8. The number of carbonyl (C=O) groups excluding carboxylic acids is 1. The number of carbonyl (C=O) groups is 1. The minimum Gasteiger partial charge on any atom is -0.382 e. The Balaban J connectivity index is 1.56. The van der Waals surface area contributed by atoms with Gasteiger partial charge in [0.2, 0.25) is 0 Å². The van der Waals surface area contributed by atoms with Crippen molar-refractivity contribution in [1.82, 2.24) is 19.2 Å². The Labute approximate surface area is 173 Å². The number of hydrogen-bond acceptors (Lipinski definition) is 5. The van der Waals surface area contributed by atoms with E-state index in [2.05, 4.69) is 10.1 Å². The van der Waals surface area contributed by atoms with E-state index in [1.54, 1.807) is 35.1 Å². The quantitative estimate of drug-likeness (QED) is 0.512. The molecule has 0 spiro atoms. The van der Waals surface area contributed by atoms with Crippen LogP contribution in [0, 0.1) is 0 Å². The molecule has 31 heavy (non-hydrogen) atoms. The molecule has 0 radical (unpaired) electrons. The van der Waals surface area contributed by atoms with Gasteiger partial charge in [0.25, 0.3) is 5.91 Å². The Morgan fingerprint density at radius 3 is 2.52 bits per heavy atom. The molecule has 0 unspecified atom stereocenters. The SMILES string of the molecule is Nc1cn2cc(-c3cnn4c3C(=O)N(c3ccc(C(F)(F)F)cc3)C[C@@H]4N)ccc2n1. The fraction of sp³-hybridized carbons (Fsp3) is 0.150. The zero-order chi connectivity index (χ0) is 21.9. The minimum atomic E-state index is -4.46. The number of pyridine rings is 1. The summed E-state index contributed by atoms with van der Waals surface area (Å²) in [6.07, 6.45) is -0.146. The van der Waals surface area contributed by atoms with E-state index in [1.807, 2.05) is 0 Å². The second-order valence-corrected chi connectivity index (χ2v) is 7.23. The van der Waals surface area contributed by atoms with E-state index in [4.69, 9.17) is 11.5 Å². The highest BCUT2D eigenvalue weighted by Crippen LogP contribution is 2.34. The summed E-state index contributed by atoms with van der Waals surface area (Å²) in [5.74, 6) is -0.0417. The van der Waals surface area contributed by atoms with Gasteiger partial charge in [0.1, 0.15) is 23.3 Å². The highest BCUT2D eigenvalue weighted by Gasteiger charge is 2.35. The van der Waals surface area contributed by atoms with Gasteiger partial charge in [0, 0.05) is 23.0 Å². The number of aromatic nitrogens is 4. The van der Waals surface area contributed by atoms with Crippen LogP contribution in [0.1, 0.15) is 22.2 Å². The zero-order valence-corrected chi connectivity index (χ0v) is 15.9.